The van der Waals surface area contributed by atoms with Crippen molar-refractivity contribution in [1.82, 2.24) is 0 Å². The summed E-state index contributed by atoms with van der Waals surface area (Å²) in [5.41, 5.74) is 6.03. The first-order valence-electron chi connectivity index (χ1n) is 4.20. The zero-order valence-electron chi connectivity index (χ0n) is 8.28. The summed E-state index contributed by atoms with van der Waals surface area (Å²) in [5, 5.41) is 7.24. The molecule has 0 unspecified atom stereocenters. The Hall–Kier alpha value is -1.22. The third-order valence-electron chi connectivity index (χ3n) is 1.52. The highest BCUT2D eigenvalue weighted by Crippen LogP contribution is 2.14. The Bertz CT molecular complexity index is 313. The molecule has 1 aromatic carbocycles. The van der Waals surface area contributed by atoms with Gasteiger partial charge in [-0.3, -0.25) is 5.41 Å². The lowest BCUT2D eigenvalue weighted by Crippen LogP contribution is -2.12. The lowest BCUT2D eigenvalue weighted by molar-refractivity contribution is 0.242. The van der Waals surface area contributed by atoms with Crippen LogP contribution < -0.4 is 10.5 Å². The van der Waals surface area contributed by atoms with Gasteiger partial charge in [0.25, 0.3) is 0 Å². The normalized spacial score (nSPS) is 9.36. The molecule has 14 heavy (non-hydrogen) atoms. The van der Waals surface area contributed by atoms with Crippen LogP contribution in [0.4, 0.5) is 0 Å². The molecule has 0 aliphatic rings. The lowest BCUT2D eigenvalue weighted by Gasteiger charge is -2.10. The SMILES string of the molecule is CC(C)Oc1cccc(C(=N)N)c1.Cl. The topological polar surface area (TPSA) is 59.1 Å². The number of nitrogen functional groups attached to an aromatic ring is 1. The van der Waals surface area contributed by atoms with Gasteiger partial charge >= 0.3 is 0 Å². The molecule has 0 aliphatic carbocycles. The Balaban J connectivity index is 0.00000169. The van der Waals surface area contributed by atoms with Crippen LogP contribution in [0.15, 0.2) is 24.3 Å². The minimum atomic E-state index is 0. The van der Waals surface area contributed by atoms with Gasteiger partial charge in [0.15, 0.2) is 0 Å². The number of rotatable bonds is 3. The first-order chi connectivity index (χ1) is 6.09. The molecular weight excluding hydrogens is 200 g/mol. The van der Waals surface area contributed by atoms with Crippen LogP contribution in [0.3, 0.4) is 0 Å². The van der Waals surface area contributed by atoms with Crippen molar-refractivity contribution in [2.24, 2.45) is 5.73 Å². The molecule has 0 bridgehead atoms. The summed E-state index contributed by atoms with van der Waals surface area (Å²) in [5.74, 6) is 0.817. The van der Waals surface area contributed by atoms with Gasteiger partial charge in [0, 0.05) is 5.56 Å². The molecule has 4 heteroatoms. The molecule has 0 saturated heterocycles. The van der Waals surface area contributed by atoms with Crippen LogP contribution in [0.5, 0.6) is 5.75 Å². The Morgan fingerprint density at radius 2 is 2.07 bits per heavy atom. The molecule has 0 aliphatic heterocycles. The molecule has 0 radical (unpaired) electrons. The first kappa shape index (κ1) is 12.8. The van der Waals surface area contributed by atoms with E-state index in [9.17, 15) is 0 Å². The average molecular weight is 215 g/mol. The number of halogens is 1. The third kappa shape index (κ3) is 3.66. The Labute approximate surface area is 90.2 Å². The maximum Gasteiger partial charge on any atom is 0.122 e. The van der Waals surface area contributed by atoms with Gasteiger partial charge in [-0.15, -0.1) is 12.4 Å². The van der Waals surface area contributed by atoms with Crippen molar-refractivity contribution in [2.75, 3.05) is 0 Å². The van der Waals surface area contributed by atoms with E-state index in [4.69, 9.17) is 15.9 Å². The fourth-order valence-electron chi connectivity index (χ4n) is 1.01. The van der Waals surface area contributed by atoms with Crippen LogP contribution >= 0.6 is 12.4 Å². The van der Waals surface area contributed by atoms with E-state index in [1.807, 2.05) is 26.0 Å². The van der Waals surface area contributed by atoms with Gasteiger partial charge in [-0.25, -0.2) is 0 Å². The van der Waals surface area contributed by atoms with Gasteiger partial charge in [-0.1, -0.05) is 12.1 Å². The second kappa shape index (κ2) is 5.50. The molecule has 3 N–H and O–H groups in total. The van der Waals surface area contributed by atoms with E-state index in [0.717, 1.165) is 5.75 Å². The first-order valence-corrected chi connectivity index (χ1v) is 4.20. The van der Waals surface area contributed by atoms with Gasteiger partial charge in [-0.05, 0) is 26.0 Å². The molecule has 1 aromatic rings. The monoisotopic (exact) mass is 214 g/mol. The molecule has 0 heterocycles. The highest BCUT2D eigenvalue weighted by Gasteiger charge is 2.00. The fourth-order valence-corrected chi connectivity index (χ4v) is 1.01. The summed E-state index contributed by atoms with van der Waals surface area (Å²) >= 11 is 0. The quantitative estimate of drug-likeness (QED) is 0.599. The van der Waals surface area contributed by atoms with Crippen molar-refractivity contribution >= 4 is 18.2 Å². The van der Waals surface area contributed by atoms with E-state index in [1.54, 1.807) is 12.1 Å². The van der Waals surface area contributed by atoms with Crippen molar-refractivity contribution in [3.63, 3.8) is 0 Å². The molecule has 78 valence electrons. The zero-order valence-corrected chi connectivity index (χ0v) is 9.10. The van der Waals surface area contributed by atoms with E-state index in [0.29, 0.717) is 5.56 Å². The van der Waals surface area contributed by atoms with Crippen molar-refractivity contribution in [3.8, 4) is 5.75 Å². The highest BCUT2D eigenvalue weighted by atomic mass is 35.5. The number of benzene rings is 1. The Kier molecular flexibility index (Phi) is 5.02. The predicted molar refractivity (Wildman–Crippen MR) is 60.5 cm³/mol. The van der Waals surface area contributed by atoms with Gasteiger partial charge in [0.05, 0.1) is 6.10 Å². The lowest BCUT2D eigenvalue weighted by atomic mass is 10.2. The Morgan fingerprint density at radius 3 is 2.57 bits per heavy atom. The summed E-state index contributed by atoms with van der Waals surface area (Å²) in [6.45, 7) is 3.92. The Morgan fingerprint density at radius 1 is 1.43 bits per heavy atom. The smallest absolute Gasteiger partial charge is 0.122 e. The number of nitrogens with one attached hydrogen (secondary N) is 1. The number of amidine groups is 1. The molecule has 0 saturated carbocycles. The minimum Gasteiger partial charge on any atom is -0.491 e. The second-order valence-electron chi connectivity index (χ2n) is 3.11. The molecular formula is C10H15ClN2O. The van der Waals surface area contributed by atoms with Crippen LogP contribution in [0.1, 0.15) is 19.4 Å². The molecule has 0 spiro atoms. The molecule has 0 amide bonds. The van der Waals surface area contributed by atoms with Gasteiger partial charge < -0.3 is 10.5 Å². The third-order valence-corrected chi connectivity index (χ3v) is 1.52. The molecule has 1 rings (SSSR count). The van der Waals surface area contributed by atoms with Crippen molar-refractivity contribution in [3.05, 3.63) is 29.8 Å². The van der Waals surface area contributed by atoms with Crippen molar-refractivity contribution in [2.45, 2.75) is 20.0 Å². The van der Waals surface area contributed by atoms with Crippen molar-refractivity contribution < 1.29 is 4.74 Å². The van der Waals surface area contributed by atoms with Crippen LogP contribution in [-0.4, -0.2) is 11.9 Å². The summed E-state index contributed by atoms with van der Waals surface area (Å²) in [6.07, 6.45) is 0.141. The fraction of sp³-hybridized carbons (Fsp3) is 0.300. The number of ether oxygens (including phenoxy) is 1. The van der Waals surface area contributed by atoms with E-state index in [1.165, 1.54) is 0 Å². The summed E-state index contributed by atoms with van der Waals surface area (Å²) in [7, 11) is 0. The minimum absolute atomic E-state index is 0. The standard InChI is InChI=1S/C10H14N2O.ClH/c1-7(2)13-9-5-3-4-8(6-9)10(11)12;/h3-7H,1-2H3,(H3,11,12);1H. The number of hydrogen-bond acceptors (Lipinski definition) is 2. The summed E-state index contributed by atoms with van der Waals surface area (Å²) < 4.78 is 5.45. The van der Waals surface area contributed by atoms with E-state index < -0.39 is 0 Å². The number of nitrogens with two attached hydrogens (primary N) is 1. The van der Waals surface area contributed by atoms with Crippen LogP contribution in [0, 0.1) is 5.41 Å². The maximum atomic E-state index is 7.24. The van der Waals surface area contributed by atoms with Crippen molar-refractivity contribution in [1.29, 1.82) is 5.41 Å². The number of hydrogen-bond donors (Lipinski definition) is 2. The summed E-state index contributed by atoms with van der Waals surface area (Å²) in [4.78, 5) is 0. The van der Waals surface area contributed by atoms with E-state index in [2.05, 4.69) is 0 Å². The average Bonchev–Trinajstić information content (AvgIpc) is 2.03. The second-order valence-corrected chi connectivity index (χ2v) is 3.11. The summed E-state index contributed by atoms with van der Waals surface area (Å²) in [6, 6.07) is 7.23. The van der Waals surface area contributed by atoms with Crippen LogP contribution in [0.2, 0.25) is 0 Å². The van der Waals surface area contributed by atoms with Gasteiger partial charge in [0.1, 0.15) is 11.6 Å². The largest absolute Gasteiger partial charge is 0.491 e. The predicted octanol–water partition coefficient (Wildman–Crippen LogP) is 2.18. The molecule has 0 atom stereocenters. The van der Waals surface area contributed by atoms with Crippen LogP contribution in [-0.2, 0) is 0 Å². The van der Waals surface area contributed by atoms with E-state index in [-0.39, 0.29) is 24.3 Å². The van der Waals surface area contributed by atoms with Gasteiger partial charge in [0.2, 0.25) is 0 Å². The van der Waals surface area contributed by atoms with Gasteiger partial charge in [-0.2, -0.15) is 0 Å². The highest BCUT2D eigenvalue weighted by molar-refractivity contribution is 5.95. The van der Waals surface area contributed by atoms with E-state index >= 15 is 0 Å². The molecule has 3 nitrogen and oxygen atoms in total. The van der Waals surface area contributed by atoms with Crippen LogP contribution in [0.25, 0.3) is 0 Å². The zero-order chi connectivity index (χ0) is 9.84. The maximum absolute atomic E-state index is 7.24. The molecule has 0 aromatic heterocycles. The molecule has 0 fully saturated rings.